The molecule has 206 valence electrons. The van der Waals surface area contributed by atoms with E-state index in [0.717, 1.165) is 36.5 Å². The SMILES string of the molecule is CC(CCC1OC(C)(C)OC1(C)C)C1CCC2(C)C3CCC4C(C)(C)C(O)CCC45CC35CCC12C. The van der Waals surface area contributed by atoms with Crippen LogP contribution in [0.5, 0.6) is 0 Å². The van der Waals surface area contributed by atoms with Crippen molar-refractivity contribution in [2.75, 3.05) is 0 Å². The third-order valence-corrected chi connectivity index (χ3v) is 14.4. The molecule has 10 atom stereocenters. The van der Waals surface area contributed by atoms with Crippen LogP contribution >= 0.6 is 0 Å². The molecule has 6 fully saturated rings. The van der Waals surface area contributed by atoms with Gasteiger partial charge in [0.25, 0.3) is 0 Å². The number of rotatable bonds is 4. The van der Waals surface area contributed by atoms with Crippen LogP contribution in [0.25, 0.3) is 0 Å². The van der Waals surface area contributed by atoms with Crippen LogP contribution in [-0.4, -0.2) is 28.7 Å². The number of aliphatic hydroxyl groups is 1. The van der Waals surface area contributed by atoms with E-state index in [2.05, 4.69) is 62.3 Å². The minimum absolute atomic E-state index is 0.0927. The van der Waals surface area contributed by atoms with Gasteiger partial charge in [0.05, 0.1) is 17.8 Å². The summed E-state index contributed by atoms with van der Waals surface area (Å²) in [6, 6.07) is 0. The van der Waals surface area contributed by atoms with Gasteiger partial charge in [0.15, 0.2) is 5.79 Å². The van der Waals surface area contributed by atoms with Crippen LogP contribution in [-0.2, 0) is 9.47 Å². The Bertz CT molecular complexity index is 907. The Morgan fingerprint density at radius 3 is 2.11 bits per heavy atom. The number of fused-ring (bicyclic) bond motifs is 2. The number of aliphatic hydroxyl groups excluding tert-OH is 1. The van der Waals surface area contributed by atoms with Gasteiger partial charge in [-0.2, -0.15) is 0 Å². The van der Waals surface area contributed by atoms with Crippen molar-refractivity contribution in [3.8, 4) is 0 Å². The smallest absolute Gasteiger partial charge is 0.164 e. The molecule has 0 aromatic heterocycles. The first-order valence-corrected chi connectivity index (χ1v) is 15.6. The van der Waals surface area contributed by atoms with Crippen molar-refractivity contribution in [1.29, 1.82) is 0 Å². The molecule has 1 aliphatic heterocycles. The highest BCUT2D eigenvalue weighted by molar-refractivity contribution is 5.30. The minimum Gasteiger partial charge on any atom is -0.393 e. The maximum atomic E-state index is 10.9. The maximum absolute atomic E-state index is 10.9. The molecule has 3 nitrogen and oxygen atoms in total. The summed E-state index contributed by atoms with van der Waals surface area (Å²) in [5.41, 5.74) is 1.97. The average molecular weight is 501 g/mol. The molecule has 36 heavy (non-hydrogen) atoms. The van der Waals surface area contributed by atoms with Gasteiger partial charge < -0.3 is 14.6 Å². The third-order valence-electron chi connectivity index (χ3n) is 14.4. The summed E-state index contributed by atoms with van der Waals surface area (Å²) in [5, 5.41) is 10.9. The van der Waals surface area contributed by atoms with E-state index >= 15 is 0 Å². The fraction of sp³-hybridized carbons (Fsp3) is 1.00. The summed E-state index contributed by atoms with van der Waals surface area (Å²) >= 11 is 0. The zero-order valence-corrected chi connectivity index (χ0v) is 25.0. The lowest BCUT2D eigenvalue weighted by Crippen LogP contribution is -2.57. The van der Waals surface area contributed by atoms with Crippen LogP contribution in [0.4, 0.5) is 0 Å². The monoisotopic (exact) mass is 500 g/mol. The third kappa shape index (κ3) is 3.15. The molecule has 0 bridgehead atoms. The molecule has 10 unspecified atom stereocenters. The van der Waals surface area contributed by atoms with Crippen LogP contribution < -0.4 is 0 Å². The van der Waals surface area contributed by atoms with E-state index in [1.54, 1.807) is 0 Å². The Hall–Kier alpha value is -0.120. The summed E-state index contributed by atoms with van der Waals surface area (Å²) in [7, 11) is 0. The van der Waals surface area contributed by atoms with Crippen molar-refractivity contribution < 1.29 is 14.6 Å². The van der Waals surface area contributed by atoms with Crippen LogP contribution in [0, 0.1) is 50.7 Å². The predicted molar refractivity (Wildman–Crippen MR) is 145 cm³/mol. The molecule has 5 saturated carbocycles. The van der Waals surface area contributed by atoms with Crippen molar-refractivity contribution >= 4 is 0 Å². The topological polar surface area (TPSA) is 38.7 Å². The zero-order chi connectivity index (χ0) is 26.2. The molecule has 2 spiro atoms. The Morgan fingerprint density at radius 2 is 1.44 bits per heavy atom. The summed E-state index contributed by atoms with van der Waals surface area (Å²) in [4.78, 5) is 0. The Balaban J connectivity index is 1.20. The summed E-state index contributed by atoms with van der Waals surface area (Å²) in [6.07, 6.45) is 14.7. The van der Waals surface area contributed by atoms with Crippen molar-refractivity contribution in [2.45, 2.75) is 157 Å². The van der Waals surface area contributed by atoms with Crippen molar-refractivity contribution in [2.24, 2.45) is 50.7 Å². The van der Waals surface area contributed by atoms with Crippen LogP contribution in [0.3, 0.4) is 0 Å². The van der Waals surface area contributed by atoms with E-state index in [1.165, 1.54) is 57.8 Å². The predicted octanol–water partition coefficient (Wildman–Crippen LogP) is 8.13. The first-order valence-electron chi connectivity index (χ1n) is 15.6. The summed E-state index contributed by atoms with van der Waals surface area (Å²) in [5.74, 6) is 2.73. The second kappa shape index (κ2) is 7.54. The van der Waals surface area contributed by atoms with Gasteiger partial charge in [0.1, 0.15) is 0 Å². The molecule has 0 aromatic carbocycles. The molecule has 3 heteroatoms. The molecule has 1 heterocycles. The van der Waals surface area contributed by atoms with Gasteiger partial charge in [-0.05, 0) is 149 Å². The van der Waals surface area contributed by atoms with Gasteiger partial charge in [-0.15, -0.1) is 0 Å². The van der Waals surface area contributed by atoms with Crippen molar-refractivity contribution in [3.63, 3.8) is 0 Å². The molecule has 0 radical (unpaired) electrons. The molecular formula is C33H56O3. The molecule has 5 aliphatic carbocycles. The molecule has 6 aliphatic rings. The highest BCUT2D eigenvalue weighted by atomic mass is 16.8. The van der Waals surface area contributed by atoms with Crippen LogP contribution in [0.15, 0.2) is 0 Å². The lowest BCUT2D eigenvalue weighted by molar-refractivity contribution is -0.162. The molecule has 1 saturated heterocycles. The van der Waals surface area contributed by atoms with E-state index in [-0.39, 0.29) is 23.2 Å². The lowest BCUT2D eigenvalue weighted by atomic mass is 9.41. The number of hydrogen-bond acceptors (Lipinski definition) is 3. The van der Waals surface area contributed by atoms with Gasteiger partial charge in [-0.3, -0.25) is 0 Å². The normalized spacial score (nSPS) is 54.7. The first-order chi connectivity index (χ1) is 16.5. The lowest BCUT2D eigenvalue weighted by Gasteiger charge is -2.63. The molecule has 0 aromatic rings. The standard InChI is InChI=1S/C33H56O3/c1-21(10-13-26-28(4,5)36-29(6,7)35-26)22-14-16-31(9)24-12-11-23-27(2,3)25(34)15-17-32(23)20-33(24,32)19-18-30(22,31)8/h21-26,34H,10-20H2,1-9H3. The van der Waals surface area contributed by atoms with Crippen molar-refractivity contribution in [3.05, 3.63) is 0 Å². The van der Waals surface area contributed by atoms with E-state index in [9.17, 15) is 5.11 Å². The molecule has 1 N–H and O–H groups in total. The molecule has 0 amide bonds. The summed E-state index contributed by atoms with van der Waals surface area (Å²) in [6.45, 7) is 21.3. The van der Waals surface area contributed by atoms with E-state index < -0.39 is 5.79 Å². The van der Waals surface area contributed by atoms with E-state index in [4.69, 9.17) is 9.47 Å². The van der Waals surface area contributed by atoms with Crippen LogP contribution in [0.1, 0.15) is 133 Å². The van der Waals surface area contributed by atoms with Gasteiger partial charge in [0.2, 0.25) is 0 Å². The van der Waals surface area contributed by atoms with Gasteiger partial charge in [-0.25, -0.2) is 0 Å². The largest absolute Gasteiger partial charge is 0.393 e. The second-order valence-corrected chi connectivity index (χ2v) is 16.8. The average Bonchev–Trinajstić information content (AvgIpc) is 3.27. The minimum atomic E-state index is -0.463. The number of ether oxygens (including phenoxy) is 2. The van der Waals surface area contributed by atoms with E-state index in [0.29, 0.717) is 21.7 Å². The Morgan fingerprint density at radius 1 is 0.778 bits per heavy atom. The molecule has 6 rings (SSSR count). The Kier molecular flexibility index (Phi) is 5.47. The maximum Gasteiger partial charge on any atom is 0.164 e. The van der Waals surface area contributed by atoms with E-state index in [1.807, 2.05) is 0 Å². The first kappa shape index (κ1) is 26.1. The zero-order valence-electron chi connectivity index (χ0n) is 25.0. The fourth-order valence-corrected chi connectivity index (χ4v) is 12.5. The molecular weight excluding hydrogens is 444 g/mol. The quantitative estimate of drug-likeness (QED) is 0.423. The van der Waals surface area contributed by atoms with Gasteiger partial charge >= 0.3 is 0 Å². The highest BCUT2D eigenvalue weighted by Gasteiger charge is 2.82. The fourth-order valence-electron chi connectivity index (χ4n) is 12.5. The van der Waals surface area contributed by atoms with Gasteiger partial charge in [-0.1, -0.05) is 34.6 Å². The van der Waals surface area contributed by atoms with Crippen LogP contribution in [0.2, 0.25) is 0 Å². The second-order valence-electron chi connectivity index (χ2n) is 16.8. The highest BCUT2D eigenvalue weighted by Crippen LogP contribution is 2.89. The summed E-state index contributed by atoms with van der Waals surface area (Å²) < 4.78 is 12.6. The van der Waals surface area contributed by atoms with Crippen molar-refractivity contribution in [1.82, 2.24) is 0 Å². The van der Waals surface area contributed by atoms with Gasteiger partial charge in [0, 0.05) is 0 Å². The number of hydrogen-bond donors (Lipinski definition) is 1. The Labute approximate surface area is 221 Å².